The molecule has 0 spiro atoms. The number of carbonyl (C=O) groups is 2. The van der Waals surface area contributed by atoms with Gasteiger partial charge in [-0.05, 0) is 31.4 Å². The fourth-order valence-corrected chi connectivity index (χ4v) is 6.33. The molecule has 2 aromatic rings. The minimum absolute atomic E-state index is 0.260. The van der Waals surface area contributed by atoms with E-state index in [4.69, 9.17) is 9.98 Å². The summed E-state index contributed by atoms with van der Waals surface area (Å²) in [6, 6.07) is 7.29. The van der Waals surface area contributed by atoms with Crippen LogP contribution in [-0.2, 0) is 4.79 Å². The Balaban J connectivity index is 1.34. The maximum Gasteiger partial charge on any atom is 0.325 e. The third kappa shape index (κ3) is 3.51. The van der Waals surface area contributed by atoms with Gasteiger partial charge in [-0.3, -0.25) is 10.1 Å². The van der Waals surface area contributed by atoms with Gasteiger partial charge in [0.15, 0.2) is 22.5 Å². The Kier molecular flexibility index (Phi) is 5.28. The number of urea groups is 1. The van der Waals surface area contributed by atoms with Crippen molar-refractivity contribution < 1.29 is 9.59 Å². The number of fused-ring (bicyclic) bond motifs is 2. The molecular formula is C20H24N6O2S2. The number of thioether (sulfide) groups is 1. The van der Waals surface area contributed by atoms with E-state index in [0.29, 0.717) is 6.54 Å². The van der Waals surface area contributed by atoms with Crippen LogP contribution in [-0.4, -0.2) is 82.2 Å². The number of nitrogens with zero attached hydrogens (tertiary/aromatic N) is 5. The summed E-state index contributed by atoms with van der Waals surface area (Å²) < 4.78 is 2.22. The summed E-state index contributed by atoms with van der Waals surface area (Å²) >= 11 is 3.40. The number of guanidine groups is 1. The number of benzene rings is 1. The number of piperidine rings is 1. The van der Waals surface area contributed by atoms with E-state index in [1.165, 1.54) is 16.0 Å². The van der Waals surface area contributed by atoms with Crippen molar-refractivity contribution in [2.45, 2.75) is 35.8 Å². The molecule has 2 saturated heterocycles. The van der Waals surface area contributed by atoms with Crippen LogP contribution in [0, 0.1) is 0 Å². The van der Waals surface area contributed by atoms with Gasteiger partial charge in [-0.2, -0.15) is 0 Å². The lowest BCUT2D eigenvalue weighted by Crippen LogP contribution is -2.64. The molecule has 3 aliphatic heterocycles. The zero-order valence-corrected chi connectivity index (χ0v) is 18.4. The van der Waals surface area contributed by atoms with Crippen molar-refractivity contribution in [1.82, 2.24) is 25.0 Å². The van der Waals surface area contributed by atoms with Crippen LogP contribution < -0.4 is 5.32 Å². The summed E-state index contributed by atoms with van der Waals surface area (Å²) in [5.41, 5.74) is 1.02. The maximum absolute atomic E-state index is 12.7. The van der Waals surface area contributed by atoms with E-state index in [1.54, 1.807) is 30.1 Å². The summed E-state index contributed by atoms with van der Waals surface area (Å²) in [6.07, 6.45) is 3.02. The van der Waals surface area contributed by atoms with Crippen LogP contribution in [0.1, 0.15) is 19.3 Å². The molecule has 2 unspecified atom stereocenters. The zero-order valence-electron chi connectivity index (χ0n) is 16.8. The number of likely N-dealkylation sites (N-methyl/N-ethyl adjacent to an activating group) is 1. The van der Waals surface area contributed by atoms with E-state index in [1.807, 2.05) is 18.2 Å². The number of thiazole rings is 1. The van der Waals surface area contributed by atoms with Crippen molar-refractivity contribution >= 4 is 51.2 Å². The molecule has 30 heavy (non-hydrogen) atoms. The number of aromatic nitrogens is 1. The Bertz CT molecular complexity index is 969. The molecular weight excluding hydrogens is 420 g/mol. The highest BCUT2D eigenvalue weighted by molar-refractivity contribution is 8.01. The molecule has 8 nitrogen and oxygen atoms in total. The van der Waals surface area contributed by atoms with Crippen molar-refractivity contribution in [3.63, 3.8) is 0 Å². The van der Waals surface area contributed by atoms with Crippen LogP contribution in [0.25, 0.3) is 10.2 Å². The van der Waals surface area contributed by atoms with Gasteiger partial charge in [-0.15, -0.1) is 11.3 Å². The number of aliphatic imine (C=N–C) groups is 1. The van der Waals surface area contributed by atoms with Crippen molar-refractivity contribution in [3.05, 3.63) is 24.3 Å². The van der Waals surface area contributed by atoms with Crippen molar-refractivity contribution in [1.29, 1.82) is 0 Å². The van der Waals surface area contributed by atoms with E-state index < -0.39 is 12.2 Å². The lowest BCUT2D eigenvalue weighted by molar-refractivity contribution is -0.127. The van der Waals surface area contributed by atoms with Crippen LogP contribution in [0.4, 0.5) is 4.79 Å². The Labute approximate surface area is 183 Å². The average Bonchev–Trinajstić information content (AvgIpc) is 3.34. The van der Waals surface area contributed by atoms with Crippen LogP contribution in [0.15, 0.2) is 33.6 Å². The van der Waals surface area contributed by atoms with Gasteiger partial charge in [0.05, 0.1) is 10.2 Å². The normalized spacial score (nSPS) is 24.3. The highest BCUT2D eigenvalue weighted by Crippen LogP contribution is 2.31. The number of para-hydroxylation sites is 1. The molecule has 158 valence electrons. The predicted molar refractivity (Wildman–Crippen MR) is 119 cm³/mol. The largest absolute Gasteiger partial charge is 0.343 e. The number of amides is 3. The number of hydrogen-bond donors (Lipinski definition) is 1. The molecule has 3 aliphatic rings. The smallest absolute Gasteiger partial charge is 0.325 e. The van der Waals surface area contributed by atoms with Gasteiger partial charge in [0, 0.05) is 32.4 Å². The van der Waals surface area contributed by atoms with Gasteiger partial charge in [0.2, 0.25) is 0 Å². The van der Waals surface area contributed by atoms with E-state index >= 15 is 0 Å². The highest BCUT2D eigenvalue weighted by Gasteiger charge is 2.49. The first kappa shape index (κ1) is 19.6. The maximum atomic E-state index is 12.7. The molecule has 10 heteroatoms. The summed E-state index contributed by atoms with van der Waals surface area (Å²) in [7, 11) is 1.70. The summed E-state index contributed by atoms with van der Waals surface area (Å²) in [6.45, 7) is 2.56. The van der Waals surface area contributed by atoms with Gasteiger partial charge in [0.25, 0.3) is 5.91 Å². The Morgan fingerprint density at radius 3 is 2.80 bits per heavy atom. The number of likely N-dealkylation sites (tertiary alicyclic amines) is 1. The first-order valence-corrected chi connectivity index (χ1v) is 12.1. The molecule has 0 saturated carbocycles. The second kappa shape index (κ2) is 8.07. The molecule has 2 fully saturated rings. The van der Waals surface area contributed by atoms with Gasteiger partial charge < -0.3 is 14.7 Å². The third-order valence-corrected chi connectivity index (χ3v) is 7.97. The van der Waals surface area contributed by atoms with E-state index in [-0.39, 0.29) is 11.9 Å². The van der Waals surface area contributed by atoms with Crippen LogP contribution >= 0.6 is 23.1 Å². The molecule has 0 bridgehead atoms. The van der Waals surface area contributed by atoms with Gasteiger partial charge in [0.1, 0.15) is 0 Å². The second-order valence-corrected chi connectivity index (χ2v) is 10.1. The van der Waals surface area contributed by atoms with Gasteiger partial charge in [-0.1, -0.05) is 23.9 Å². The molecule has 2 atom stereocenters. The lowest BCUT2D eigenvalue weighted by atomic mass is 10.1. The molecule has 0 aliphatic carbocycles. The van der Waals surface area contributed by atoms with E-state index in [9.17, 15) is 9.59 Å². The summed E-state index contributed by atoms with van der Waals surface area (Å²) in [5, 5.41) is 2.48. The molecule has 0 radical (unpaired) electrons. The average molecular weight is 445 g/mol. The number of nitrogens with one attached hydrogen (secondary N) is 1. The SMILES string of the molecule is CN1C(=O)NC(=O)C2C1N=C(N1CCCCC1)N2CCSc1nc2ccccc2s1. The van der Waals surface area contributed by atoms with Crippen molar-refractivity contribution in [2.24, 2.45) is 4.99 Å². The molecule has 4 heterocycles. The number of carbonyl (C=O) groups excluding carboxylic acids is 2. The molecule has 1 aromatic heterocycles. The monoisotopic (exact) mass is 444 g/mol. The molecule has 3 amide bonds. The second-order valence-electron chi connectivity index (χ2n) is 7.73. The topological polar surface area (TPSA) is 81.1 Å². The number of rotatable bonds is 4. The Morgan fingerprint density at radius 2 is 2.00 bits per heavy atom. The summed E-state index contributed by atoms with van der Waals surface area (Å²) in [4.78, 5) is 40.3. The molecule has 1 aromatic carbocycles. The van der Waals surface area contributed by atoms with Gasteiger partial charge in [-0.25, -0.2) is 14.8 Å². The Hall–Kier alpha value is -2.33. The molecule has 5 rings (SSSR count). The predicted octanol–water partition coefficient (Wildman–Crippen LogP) is 2.42. The quantitative estimate of drug-likeness (QED) is 0.730. The number of hydrogen-bond acceptors (Lipinski definition) is 8. The van der Waals surface area contributed by atoms with Crippen LogP contribution in [0.2, 0.25) is 0 Å². The fourth-order valence-electron chi connectivity index (χ4n) is 4.25. The minimum atomic E-state index is -0.472. The Morgan fingerprint density at radius 1 is 1.20 bits per heavy atom. The highest BCUT2D eigenvalue weighted by atomic mass is 32.2. The van der Waals surface area contributed by atoms with Crippen molar-refractivity contribution in [3.8, 4) is 0 Å². The minimum Gasteiger partial charge on any atom is -0.343 e. The first-order valence-electron chi connectivity index (χ1n) is 10.3. The van der Waals surface area contributed by atoms with E-state index in [2.05, 4.69) is 21.2 Å². The third-order valence-electron chi connectivity index (χ3n) is 5.81. The number of imide groups is 1. The fraction of sp³-hybridized carbons (Fsp3) is 0.500. The van der Waals surface area contributed by atoms with Crippen LogP contribution in [0.3, 0.4) is 0 Å². The standard InChI is InChI=1S/C20H24N6O2S2/c1-24-16-15(17(27)23-19(24)28)26(18(22-16)25-9-5-2-6-10-25)11-12-29-20-21-13-7-3-4-8-14(13)30-20/h3-4,7-8,15-16H,2,5-6,9-12H2,1H3,(H,23,27,28). The summed E-state index contributed by atoms with van der Waals surface area (Å²) in [5.74, 6) is 1.39. The van der Waals surface area contributed by atoms with Gasteiger partial charge >= 0.3 is 6.03 Å². The van der Waals surface area contributed by atoms with E-state index in [0.717, 1.165) is 47.5 Å². The zero-order chi connectivity index (χ0) is 20.7. The van der Waals surface area contributed by atoms with Crippen molar-refractivity contribution in [2.75, 3.05) is 32.4 Å². The molecule has 1 N–H and O–H groups in total. The lowest BCUT2D eigenvalue weighted by Gasteiger charge is -2.38. The first-order chi connectivity index (χ1) is 14.6. The van der Waals surface area contributed by atoms with Crippen LogP contribution in [0.5, 0.6) is 0 Å².